The fourth-order valence-corrected chi connectivity index (χ4v) is 2.00. The summed E-state index contributed by atoms with van der Waals surface area (Å²) in [5, 5.41) is 11.7. The lowest BCUT2D eigenvalue weighted by molar-refractivity contribution is -0.142. The minimum Gasteiger partial charge on any atom is -0.480 e. The summed E-state index contributed by atoms with van der Waals surface area (Å²) in [5.41, 5.74) is 0.693. The number of carboxylic acid groups (broad SMARTS) is 1. The second kappa shape index (κ2) is 4.44. The van der Waals surface area contributed by atoms with Gasteiger partial charge in [0.2, 0.25) is 5.91 Å². The largest absolute Gasteiger partial charge is 0.480 e. The first-order chi connectivity index (χ1) is 8.40. The fraction of sp³-hybridized carbons (Fsp3) is 0.583. The van der Waals surface area contributed by atoms with Gasteiger partial charge in [-0.2, -0.15) is 0 Å². The summed E-state index contributed by atoms with van der Waals surface area (Å²) in [5.74, 6) is -1.27. The van der Waals surface area contributed by atoms with Crippen LogP contribution in [0.3, 0.4) is 0 Å². The van der Waals surface area contributed by atoms with Crippen LogP contribution in [-0.4, -0.2) is 33.0 Å². The predicted octanol–water partition coefficient (Wildman–Crippen LogP) is 0.568. The van der Waals surface area contributed by atoms with Crippen molar-refractivity contribution in [1.82, 2.24) is 15.3 Å². The molecule has 3 N–H and O–H groups in total. The Labute approximate surface area is 105 Å². The number of carboxylic acids is 1. The highest BCUT2D eigenvalue weighted by Gasteiger charge is 2.51. The molecule has 0 radical (unpaired) electrons. The molecule has 98 valence electrons. The highest BCUT2D eigenvalue weighted by molar-refractivity contribution is 5.87. The van der Waals surface area contributed by atoms with Gasteiger partial charge in [0.15, 0.2) is 0 Å². The van der Waals surface area contributed by atoms with Crippen LogP contribution in [0.25, 0.3) is 0 Å². The van der Waals surface area contributed by atoms with Crippen LogP contribution in [0.5, 0.6) is 0 Å². The summed E-state index contributed by atoms with van der Waals surface area (Å²) in [6.07, 6.45) is 4.08. The zero-order valence-electron chi connectivity index (χ0n) is 10.4. The Kier molecular flexibility index (Phi) is 3.11. The van der Waals surface area contributed by atoms with E-state index in [1.807, 2.05) is 13.8 Å². The Morgan fingerprint density at radius 1 is 1.67 bits per heavy atom. The number of hydrogen-bond donors (Lipinski definition) is 3. The molecule has 1 aliphatic rings. The van der Waals surface area contributed by atoms with Gasteiger partial charge in [0.05, 0.1) is 6.33 Å². The number of imidazole rings is 1. The third-order valence-corrected chi connectivity index (χ3v) is 3.42. The van der Waals surface area contributed by atoms with Crippen molar-refractivity contribution >= 4 is 11.9 Å². The first-order valence-corrected chi connectivity index (χ1v) is 5.90. The molecule has 1 aliphatic carbocycles. The van der Waals surface area contributed by atoms with Gasteiger partial charge in [-0.3, -0.25) is 4.79 Å². The van der Waals surface area contributed by atoms with Crippen molar-refractivity contribution in [2.45, 2.75) is 32.7 Å². The van der Waals surface area contributed by atoms with Crippen LogP contribution in [0.15, 0.2) is 12.5 Å². The highest BCUT2D eigenvalue weighted by Crippen LogP contribution is 2.51. The molecule has 1 heterocycles. The van der Waals surface area contributed by atoms with E-state index in [-0.39, 0.29) is 23.7 Å². The van der Waals surface area contributed by atoms with Crippen LogP contribution < -0.4 is 5.32 Å². The minimum atomic E-state index is -1.03. The van der Waals surface area contributed by atoms with E-state index < -0.39 is 12.0 Å². The molecule has 1 aromatic rings. The normalized spacial score (nSPS) is 22.2. The number of carbonyl (C=O) groups excluding carboxylic acids is 1. The van der Waals surface area contributed by atoms with Gasteiger partial charge in [-0.1, -0.05) is 13.8 Å². The highest BCUT2D eigenvalue weighted by atomic mass is 16.4. The predicted molar refractivity (Wildman–Crippen MR) is 63.7 cm³/mol. The Balaban J connectivity index is 1.95. The maximum absolute atomic E-state index is 11.9. The summed E-state index contributed by atoms with van der Waals surface area (Å²) in [7, 11) is 0. The summed E-state index contributed by atoms with van der Waals surface area (Å²) >= 11 is 0. The lowest BCUT2D eigenvalue weighted by Gasteiger charge is -2.14. The summed E-state index contributed by atoms with van der Waals surface area (Å²) < 4.78 is 0. The molecule has 2 atom stereocenters. The summed E-state index contributed by atoms with van der Waals surface area (Å²) in [6.45, 7) is 4.00. The van der Waals surface area contributed by atoms with E-state index in [9.17, 15) is 9.59 Å². The third-order valence-electron chi connectivity index (χ3n) is 3.42. The smallest absolute Gasteiger partial charge is 0.326 e. The van der Waals surface area contributed by atoms with E-state index >= 15 is 0 Å². The van der Waals surface area contributed by atoms with Crippen molar-refractivity contribution in [2.24, 2.45) is 11.3 Å². The van der Waals surface area contributed by atoms with Gasteiger partial charge >= 0.3 is 5.97 Å². The van der Waals surface area contributed by atoms with Crippen LogP contribution in [0.2, 0.25) is 0 Å². The van der Waals surface area contributed by atoms with E-state index in [2.05, 4.69) is 15.3 Å². The van der Waals surface area contributed by atoms with Crippen molar-refractivity contribution in [3.8, 4) is 0 Å². The van der Waals surface area contributed by atoms with Crippen LogP contribution in [0.4, 0.5) is 0 Å². The lowest BCUT2D eigenvalue weighted by atomic mass is 10.1. The first kappa shape index (κ1) is 12.6. The number of amides is 1. The quantitative estimate of drug-likeness (QED) is 0.713. The number of aliphatic carboxylic acids is 1. The molecular formula is C12H17N3O3. The number of H-pyrrole nitrogens is 1. The van der Waals surface area contributed by atoms with Crippen LogP contribution in [0.1, 0.15) is 26.0 Å². The molecule has 1 unspecified atom stereocenters. The average molecular weight is 251 g/mol. The minimum absolute atomic E-state index is 0.00112. The molecule has 1 amide bonds. The number of nitrogens with one attached hydrogen (secondary N) is 2. The molecule has 2 rings (SSSR count). The summed E-state index contributed by atoms with van der Waals surface area (Å²) in [4.78, 5) is 29.6. The number of rotatable bonds is 5. The average Bonchev–Trinajstić information content (AvgIpc) is 2.73. The number of nitrogens with zero attached hydrogens (tertiary/aromatic N) is 1. The van der Waals surface area contributed by atoms with E-state index in [0.717, 1.165) is 6.42 Å². The summed E-state index contributed by atoms with van der Waals surface area (Å²) in [6, 6.07) is -0.908. The molecule has 1 saturated carbocycles. The Morgan fingerprint density at radius 3 is 2.78 bits per heavy atom. The van der Waals surface area contributed by atoms with Crippen LogP contribution >= 0.6 is 0 Å². The molecule has 0 aromatic carbocycles. The third kappa shape index (κ3) is 2.69. The van der Waals surface area contributed by atoms with Crippen molar-refractivity contribution in [3.63, 3.8) is 0 Å². The molecule has 0 bridgehead atoms. The monoisotopic (exact) mass is 251 g/mol. The van der Waals surface area contributed by atoms with Gasteiger partial charge in [0, 0.05) is 24.2 Å². The maximum atomic E-state index is 11.9. The number of aromatic nitrogens is 2. The second-order valence-corrected chi connectivity index (χ2v) is 5.43. The van der Waals surface area contributed by atoms with Gasteiger partial charge in [-0.25, -0.2) is 9.78 Å². The van der Waals surface area contributed by atoms with Crippen LogP contribution in [-0.2, 0) is 16.0 Å². The van der Waals surface area contributed by atoms with E-state index in [1.165, 1.54) is 6.33 Å². The molecular weight excluding hydrogens is 234 g/mol. The molecule has 1 aromatic heterocycles. The molecule has 0 saturated heterocycles. The van der Waals surface area contributed by atoms with E-state index in [4.69, 9.17) is 5.11 Å². The molecule has 0 spiro atoms. The van der Waals surface area contributed by atoms with Gasteiger partial charge in [-0.05, 0) is 11.8 Å². The maximum Gasteiger partial charge on any atom is 0.326 e. The number of hydrogen-bond acceptors (Lipinski definition) is 3. The second-order valence-electron chi connectivity index (χ2n) is 5.43. The Hall–Kier alpha value is -1.85. The lowest BCUT2D eigenvalue weighted by Crippen LogP contribution is -2.43. The molecule has 18 heavy (non-hydrogen) atoms. The van der Waals surface area contributed by atoms with Gasteiger partial charge in [0.25, 0.3) is 0 Å². The Bertz CT molecular complexity index is 453. The van der Waals surface area contributed by atoms with Crippen LogP contribution in [0, 0.1) is 11.3 Å². The number of aromatic amines is 1. The van der Waals surface area contributed by atoms with Gasteiger partial charge in [-0.15, -0.1) is 0 Å². The Morgan fingerprint density at radius 2 is 2.33 bits per heavy atom. The zero-order valence-corrected chi connectivity index (χ0v) is 10.4. The van der Waals surface area contributed by atoms with Crippen molar-refractivity contribution in [3.05, 3.63) is 18.2 Å². The number of carbonyl (C=O) groups is 2. The van der Waals surface area contributed by atoms with E-state index in [1.54, 1.807) is 6.20 Å². The van der Waals surface area contributed by atoms with Crippen molar-refractivity contribution in [1.29, 1.82) is 0 Å². The molecule has 0 aliphatic heterocycles. The topological polar surface area (TPSA) is 95.1 Å². The first-order valence-electron chi connectivity index (χ1n) is 5.90. The molecule has 6 nitrogen and oxygen atoms in total. The van der Waals surface area contributed by atoms with Crippen molar-refractivity contribution < 1.29 is 14.7 Å². The van der Waals surface area contributed by atoms with E-state index in [0.29, 0.717) is 5.69 Å². The molecule has 1 fully saturated rings. The van der Waals surface area contributed by atoms with Crippen molar-refractivity contribution in [2.75, 3.05) is 0 Å². The molecule has 6 heteroatoms. The van der Waals surface area contributed by atoms with Gasteiger partial charge in [0.1, 0.15) is 6.04 Å². The zero-order chi connectivity index (χ0) is 13.3. The fourth-order valence-electron chi connectivity index (χ4n) is 2.00. The standard InChI is InChI=1S/C12H17N3O3/c1-12(2)4-8(12)10(16)15-9(11(17)18)3-7-5-13-6-14-7/h5-6,8-9H,3-4H2,1-2H3,(H,13,14)(H,15,16)(H,17,18)/t8?,9-/m0/s1. The van der Waals surface area contributed by atoms with Gasteiger partial charge < -0.3 is 15.4 Å². The SMILES string of the molecule is CC1(C)CC1C(=O)N[C@@H](Cc1cnc[nH]1)C(=O)O.